The average molecular weight is 228 g/mol. The van der Waals surface area contributed by atoms with Gasteiger partial charge >= 0.3 is 91.1 Å². The molecule has 0 aliphatic heterocycles. The summed E-state index contributed by atoms with van der Waals surface area (Å²) in [5.74, 6) is 1.67. The van der Waals surface area contributed by atoms with Crippen LogP contribution in [0, 0.1) is 0 Å². The van der Waals surface area contributed by atoms with Crippen molar-refractivity contribution in [2.45, 2.75) is 0 Å². The predicted molar refractivity (Wildman–Crippen MR) is 52.6 cm³/mol. The van der Waals surface area contributed by atoms with E-state index >= 15 is 0 Å². The van der Waals surface area contributed by atoms with E-state index in [4.69, 9.17) is 4.74 Å². The first-order valence-electron chi connectivity index (χ1n) is 4.31. The van der Waals surface area contributed by atoms with Gasteiger partial charge in [-0.25, -0.2) is 0 Å². The Hall–Kier alpha value is -1.25. The summed E-state index contributed by atoms with van der Waals surface area (Å²) < 4.78 is 6.53. The zero-order valence-corrected chi connectivity index (χ0v) is 8.48. The van der Waals surface area contributed by atoms with Crippen molar-refractivity contribution in [1.82, 2.24) is 0 Å². The van der Waals surface area contributed by atoms with Crippen LogP contribution < -0.4 is 9.23 Å². The summed E-state index contributed by atoms with van der Waals surface area (Å²) in [5.41, 5.74) is 0. The van der Waals surface area contributed by atoms with E-state index in [-0.39, 0.29) is 0 Å². The van der Waals surface area contributed by atoms with Crippen LogP contribution in [0.15, 0.2) is 54.6 Å². The van der Waals surface area contributed by atoms with Gasteiger partial charge in [0.15, 0.2) is 0 Å². The van der Waals surface area contributed by atoms with Gasteiger partial charge in [0.1, 0.15) is 0 Å². The van der Waals surface area contributed by atoms with Gasteiger partial charge in [-0.3, -0.25) is 0 Å². The molecule has 2 aromatic rings. The van der Waals surface area contributed by atoms with E-state index < -0.39 is 0 Å². The summed E-state index contributed by atoms with van der Waals surface area (Å²) in [5, 5.41) is 0. The molecule has 0 N–H and O–H groups in total. The van der Waals surface area contributed by atoms with Gasteiger partial charge in [0.05, 0.1) is 0 Å². The summed E-state index contributed by atoms with van der Waals surface area (Å²) >= 11 is 4.25. The van der Waals surface area contributed by atoms with Crippen LogP contribution in [0.5, 0.6) is 11.5 Å². The van der Waals surface area contributed by atoms with Gasteiger partial charge in [0.25, 0.3) is 0 Å². The predicted octanol–water partition coefficient (Wildman–Crippen LogP) is 2.65. The molecule has 0 atom stereocenters. The van der Waals surface area contributed by atoms with Gasteiger partial charge in [-0.1, -0.05) is 0 Å². The van der Waals surface area contributed by atoms with Crippen molar-refractivity contribution in [2.75, 3.05) is 0 Å². The molecule has 72 valence electrons. The van der Waals surface area contributed by atoms with Gasteiger partial charge < -0.3 is 0 Å². The van der Waals surface area contributed by atoms with E-state index in [2.05, 4.69) is 15.7 Å². The van der Waals surface area contributed by atoms with Gasteiger partial charge in [-0.15, -0.1) is 0 Å². The van der Waals surface area contributed by atoms with Crippen molar-refractivity contribution < 1.29 is 20.5 Å². The Labute approximate surface area is 91.3 Å². The number of para-hydroxylation sites is 1. The molecule has 0 saturated heterocycles. The fourth-order valence-corrected chi connectivity index (χ4v) is 1.29. The summed E-state index contributed by atoms with van der Waals surface area (Å²) in [7, 11) is 0. The van der Waals surface area contributed by atoms with Gasteiger partial charge in [0, 0.05) is 0 Å². The maximum atomic E-state index is 5.60. The van der Waals surface area contributed by atoms with E-state index in [1.54, 1.807) is 0 Å². The number of hydrogen-bond donors (Lipinski definition) is 0. The molecule has 2 rings (SSSR count). The Morgan fingerprint density at radius 2 is 1.29 bits per heavy atom. The van der Waals surface area contributed by atoms with E-state index in [1.807, 2.05) is 54.6 Å². The molecule has 0 aromatic heterocycles. The third-order valence-corrected chi connectivity index (χ3v) is 2.12. The summed E-state index contributed by atoms with van der Waals surface area (Å²) in [6.07, 6.45) is 0. The van der Waals surface area contributed by atoms with Crippen molar-refractivity contribution in [1.29, 1.82) is 0 Å². The van der Waals surface area contributed by atoms with E-state index in [0.717, 1.165) is 16.0 Å². The molecule has 2 aromatic carbocycles. The van der Waals surface area contributed by atoms with Crippen LogP contribution in [-0.2, 0) is 15.7 Å². The fraction of sp³-hybridized carbons (Fsp3) is 0. The van der Waals surface area contributed by atoms with Crippen LogP contribution in [0.2, 0.25) is 0 Å². The average Bonchev–Trinajstić information content (AvgIpc) is 2.23. The molecule has 0 saturated carbocycles. The third-order valence-electron chi connectivity index (χ3n) is 1.78. The van der Waals surface area contributed by atoms with Crippen molar-refractivity contribution in [3.05, 3.63) is 54.6 Å². The molecule has 0 radical (unpaired) electrons. The zero-order valence-electron chi connectivity index (χ0n) is 7.44. The summed E-state index contributed by atoms with van der Waals surface area (Å²) in [6, 6.07) is 17.3. The zero-order chi connectivity index (χ0) is 9.80. The Morgan fingerprint density at radius 1 is 0.714 bits per heavy atom. The van der Waals surface area contributed by atoms with E-state index in [1.165, 1.54) is 0 Å². The number of hydrogen-bond acceptors (Lipinski definition) is 1. The second-order valence-corrected chi connectivity index (χ2v) is 3.44. The second-order valence-electron chi connectivity index (χ2n) is 2.84. The number of ether oxygens (including phenoxy) is 1. The van der Waals surface area contributed by atoms with Crippen LogP contribution in [0.25, 0.3) is 0 Å². The summed E-state index contributed by atoms with van der Waals surface area (Å²) in [4.78, 5) is 0. The molecule has 0 heterocycles. The van der Waals surface area contributed by atoms with Crippen molar-refractivity contribution in [2.24, 2.45) is 0 Å². The molecule has 0 aliphatic rings. The first-order valence-corrected chi connectivity index (χ1v) is 4.83. The van der Waals surface area contributed by atoms with Crippen molar-refractivity contribution in [3.8, 4) is 11.5 Å². The molecule has 0 bridgehead atoms. The van der Waals surface area contributed by atoms with Gasteiger partial charge in [0.2, 0.25) is 0 Å². The molecule has 0 aliphatic carbocycles. The molecule has 0 unspecified atom stereocenters. The second kappa shape index (κ2) is 4.31. The Bertz CT molecular complexity index is 394. The fourth-order valence-electron chi connectivity index (χ4n) is 1.12. The van der Waals surface area contributed by atoms with Crippen LogP contribution in [0.1, 0.15) is 0 Å². The van der Waals surface area contributed by atoms with Crippen LogP contribution >= 0.6 is 0 Å². The van der Waals surface area contributed by atoms with Crippen LogP contribution in [-0.4, -0.2) is 0 Å². The standard InChI is InChI=1S/C12H9O.Co/c1-3-7-11(8-4-1)13-12-9-5-2-6-10-12;/h1,3-10H;. The van der Waals surface area contributed by atoms with E-state index in [9.17, 15) is 0 Å². The minimum absolute atomic E-state index is 0.827. The van der Waals surface area contributed by atoms with Crippen LogP contribution in [0.4, 0.5) is 0 Å². The first-order chi connectivity index (χ1) is 6.84. The topological polar surface area (TPSA) is 9.23 Å². The third kappa shape index (κ3) is 2.37. The number of benzene rings is 2. The number of rotatable bonds is 2. The molecule has 0 amide bonds. The Kier molecular flexibility index (Phi) is 2.86. The van der Waals surface area contributed by atoms with Gasteiger partial charge in [-0.05, 0) is 0 Å². The molecular weight excluding hydrogens is 219 g/mol. The normalized spacial score (nSPS) is 9.86. The Balaban J connectivity index is 2.16. The molecular formula is C12H9CoO. The van der Waals surface area contributed by atoms with Crippen LogP contribution in [0.3, 0.4) is 0 Å². The van der Waals surface area contributed by atoms with Crippen molar-refractivity contribution in [3.63, 3.8) is 0 Å². The maximum absolute atomic E-state index is 5.60. The quantitative estimate of drug-likeness (QED) is 0.767. The monoisotopic (exact) mass is 228 g/mol. The molecule has 14 heavy (non-hydrogen) atoms. The molecule has 0 spiro atoms. The van der Waals surface area contributed by atoms with Crippen molar-refractivity contribution >= 4 is 4.50 Å². The Morgan fingerprint density at radius 3 is 1.93 bits per heavy atom. The summed E-state index contributed by atoms with van der Waals surface area (Å²) in [6.45, 7) is 0. The van der Waals surface area contributed by atoms with Gasteiger partial charge in [-0.2, -0.15) is 0 Å². The first kappa shape index (κ1) is 9.31. The minimum atomic E-state index is 0.827. The molecule has 2 heteroatoms. The molecule has 0 fully saturated rings. The van der Waals surface area contributed by atoms with E-state index in [0.29, 0.717) is 0 Å². The SMILES string of the molecule is [Co][c]1ccc(Oc2ccccc2)cc1. The molecule has 1 nitrogen and oxygen atoms in total.